The summed E-state index contributed by atoms with van der Waals surface area (Å²) in [6, 6.07) is 7.62. The quantitative estimate of drug-likeness (QED) is 0.634. The van der Waals surface area contributed by atoms with Gasteiger partial charge in [-0.3, -0.25) is 9.80 Å². The summed E-state index contributed by atoms with van der Waals surface area (Å²) in [4.78, 5) is 11.9. The van der Waals surface area contributed by atoms with Crippen LogP contribution in [0.5, 0.6) is 0 Å². The van der Waals surface area contributed by atoms with Gasteiger partial charge in [0.25, 0.3) is 5.91 Å². The standard InChI is InChI=1S/C10H11N3O/c14-10-7-3-1-2-4-8(7)12-9-5-6-11-13(9)10/h1-4,9,11-12H,5-6H2. The number of hydrogen-bond donors (Lipinski definition) is 2. The Balaban J connectivity index is 2.08. The highest BCUT2D eigenvalue weighted by molar-refractivity contribution is 6.01. The monoisotopic (exact) mass is 189 g/mol. The predicted octanol–water partition coefficient (Wildman–Crippen LogP) is 0.789. The zero-order valence-corrected chi connectivity index (χ0v) is 7.66. The molecule has 1 atom stereocenters. The lowest BCUT2D eigenvalue weighted by Gasteiger charge is -2.31. The molecular formula is C10H11N3O. The molecular weight excluding hydrogens is 178 g/mol. The average molecular weight is 189 g/mol. The molecule has 1 unspecified atom stereocenters. The third-order valence-electron chi connectivity index (χ3n) is 2.71. The van der Waals surface area contributed by atoms with Gasteiger partial charge >= 0.3 is 0 Å². The van der Waals surface area contributed by atoms with Gasteiger partial charge in [0.05, 0.1) is 5.56 Å². The Morgan fingerprint density at radius 2 is 2.21 bits per heavy atom. The van der Waals surface area contributed by atoms with E-state index in [9.17, 15) is 4.79 Å². The van der Waals surface area contributed by atoms with Crippen LogP contribution in [0.25, 0.3) is 0 Å². The Morgan fingerprint density at radius 3 is 3.14 bits per heavy atom. The Labute approximate surface area is 81.9 Å². The van der Waals surface area contributed by atoms with Crippen molar-refractivity contribution < 1.29 is 4.79 Å². The van der Waals surface area contributed by atoms with Crippen LogP contribution in [0, 0.1) is 0 Å². The van der Waals surface area contributed by atoms with Gasteiger partial charge in [-0.1, -0.05) is 12.1 Å². The van der Waals surface area contributed by atoms with Crippen molar-refractivity contribution in [3.8, 4) is 0 Å². The maximum absolute atomic E-state index is 11.9. The average Bonchev–Trinajstić information content (AvgIpc) is 2.66. The van der Waals surface area contributed by atoms with Gasteiger partial charge in [-0.15, -0.1) is 0 Å². The van der Waals surface area contributed by atoms with E-state index < -0.39 is 0 Å². The first-order valence-corrected chi connectivity index (χ1v) is 4.79. The van der Waals surface area contributed by atoms with Gasteiger partial charge in [-0.2, -0.15) is 0 Å². The number of nitrogens with one attached hydrogen (secondary N) is 2. The van der Waals surface area contributed by atoms with Gasteiger partial charge in [-0.05, 0) is 12.1 Å². The van der Waals surface area contributed by atoms with Gasteiger partial charge in [-0.25, -0.2) is 5.43 Å². The second-order valence-electron chi connectivity index (χ2n) is 3.58. The van der Waals surface area contributed by atoms with Gasteiger partial charge in [0.1, 0.15) is 6.17 Å². The highest BCUT2D eigenvalue weighted by atomic mass is 16.2. The maximum Gasteiger partial charge on any atom is 0.271 e. The fourth-order valence-corrected chi connectivity index (χ4v) is 2.02. The number of nitrogens with zero attached hydrogens (tertiary/aromatic N) is 1. The van der Waals surface area contributed by atoms with Crippen molar-refractivity contribution in [3.05, 3.63) is 29.8 Å². The van der Waals surface area contributed by atoms with Crippen molar-refractivity contribution in [2.45, 2.75) is 12.6 Å². The molecule has 0 aliphatic carbocycles. The number of carbonyl (C=O) groups excluding carboxylic acids is 1. The summed E-state index contributed by atoms with van der Waals surface area (Å²) in [5.74, 6) is 0.0712. The van der Waals surface area contributed by atoms with E-state index in [1.807, 2.05) is 24.3 Å². The smallest absolute Gasteiger partial charge is 0.271 e. The number of anilines is 1. The molecule has 0 saturated carbocycles. The molecule has 4 nitrogen and oxygen atoms in total. The van der Waals surface area contributed by atoms with E-state index in [0.29, 0.717) is 0 Å². The molecule has 0 bridgehead atoms. The molecule has 1 fully saturated rings. The molecule has 1 saturated heterocycles. The number of hydrogen-bond acceptors (Lipinski definition) is 3. The number of rotatable bonds is 0. The molecule has 0 spiro atoms. The molecule has 2 N–H and O–H groups in total. The van der Waals surface area contributed by atoms with E-state index in [1.54, 1.807) is 5.01 Å². The fraction of sp³-hybridized carbons (Fsp3) is 0.300. The highest BCUT2D eigenvalue weighted by Gasteiger charge is 2.34. The number of benzene rings is 1. The summed E-state index contributed by atoms with van der Waals surface area (Å²) < 4.78 is 0. The van der Waals surface area contributed by atoms with Crippen LogP contribution in [0.1, 0.15) is 16.8 Å². The molecule has 72 valence electrons. The molecule has 2 aliphatic rings. The van der Waals surface area contributed by atoms with Crippen LogP contribution in [-0.2, 0) is 0 Å². The van der Waals surface area contributed by atoms with E-state index in [4.69, 9.17) is 0 Å². The first-order chi connectivity index (χ1) is 6.86. The van der Waals surface area contributed by atoms with E-state index in [2.05, 4.69) is 10.7 Å². The summed E-state index contributed by atoms with van der Waals surface area (Å²) in [5, 5.41) is 5.01. The van der Waals surface area contributed by atoms with E-state index in [-0.39, 0.29) is 12.1 Å². The Kier molecular flexibility index (Phi) is 1.52. The number of amides is 1. The molecule has 4 heteroatoms. The van der Waals surface area contributed by atoms with Gasteiger partial charge in [0.15, 0.2) is 0 Å². The van der Waals surface area contributed by atoms with Crippen molar-refractivity contribution in [1.82, 2.24) is 10.4 Å². The van der Waals surface area contributed by atoms with E-state index >= 15 is 0 Å². The fourth-order valence-electron chi connectivity index (χ4n) is 2.02. The molecule has 2 heterocycles. The number of hydrazine groups is 1. The number of carbonyl (C=O) groups is 1. The molecule has 1 aromatic carbocycles. The molecule has 1 amide bonds. The Hall–Kier alpha value is -1.55. The number of fused-ring (bicyclic) bond motifs is 2. The van der Waals surface area contributed by atoms with Crippen molar-refractivity contribution >= 4 is 11.6 Å². The van der Waals surface area contributed by atoms with E-state index in [1.165, 1.54) is 0 Å². The third kappa shape index (κ3) is 0.943. The van der Waals surface area contributed by atoms with Gasteiger partial charge in [0, 0.05) is 18.7 Å². The molecule has 1 aromatic rings. The van der Waals surface area contributed by atoms with Crippen LogP contribution in [0.15, 0.2) is 24.3 Å². The summed E-state index contributed by atoms with van der Waals surface area (Å²) in [6.07, 6.45) is 1.08. The summed E-state index contributed by atoms with van der Waals surface area (Å²) in [7, 11) is 0. The maximum atomic E-state index is 11.9. The largest absolute Gasteiger partial charge is 0.363 e. The van der Waals surface area contributed by atoms with Crippen molar-refractivity contribution in [3.63, 3.8) is 0 Å². The normalized spacial score (nSPS) is 24.1. The third-order valence-corrected chi connectivity index (χ3v) is 2.71. The minimum Gasteiger partial charge on any atom is -0.363 e. The predicted molar refractivity (Wildman–Crippen MR) is 52.6 cm³/mol. The second-order valence-corrected chi connectivity index (χ2v) is 3.58. The molecule has 2 aliphatic heterocycles. The number of para-hydroxylation sites is 1. The lowest BCUT2D eigenvalue weighted by atomic mass is 10.1. The molecule has 3 rings (SSSR count). The van der Waals surface area contributed by atoms with Gasteiger partial charge < -0.3 is 5.32 Å². The minimum atomic E-state index is 0.0712. The zero-order valence-electron chi connectivity index (χ0n) is 7.66. The lowest BCUT2D eigenvalue weighted by Crippen LogP contribution is -2.49. The summed E-state index contributed by atoms with van der Waals surface area (Å²) in [5.41, 5.74) is 4.77. The van der Waals surface area contributed by atoms with Gasteiger partial charge in [0.2, 0.25) is 0 Å². The molecule has 14 heavy (non-hydrogen) atoms. The zero-order chi connectivity index (χ0) is 9.54. The summed E-state index contributed by atoms with van der Waals surface area (Å²) in [6.45, 7) is 0.859. The minimum absolute atomic E-state index is 0.0712. The SMILES string of the molecule is O=C1c2ccccc2NC2CCNN12. The molecule has 0 radical (unpaired) electrons. The second kappa shape index (κ2) is 2.72. The topological polar surface area (TPSA) is 44.4 Å². The van der Waals surface area contributed by atoms with Crippen LogP contribution in [0.2, 0.25) is 0 Å². The Morgan fingerprint density at radius 1 is 1.36 bits per heavy atom. The molecule has 0 aromatic heterocycles. The van der Waals surface area contributed by atoms with Crippen molar-refractivity contribution in [2.24, 2.45) is 0 Å². The van der Waals surface area contributed by atoms with Crippen LogP contribution in [0.3, 0.4) is 0 Å². The summed E-state index contributed by atoms with van der Waals surface area (Å²) >= 11 is 0. The first kappa shape index (κ1) is 7.82. The lowest BCUT2D eigenvalue weighted by molar-refractivity contribution is 0.0658. The van der Waals surface area contributed by atoms with Crippen molar-refractivity contribution in [1.29, 1.82) is 0 Å². The van der Waals surface area contributed by atoms with Crippen LogP contribution < -0.4 is 10.7 Å². The van der Waals surface area contributed by atoms with Crippen LogP contribution in [0.4, 0.5) is 5.69 Å². The highest BCUT2D eigenvalue weighted by Crippen LogP contribution is 2.26. The van der Waals surface area contributed by atoms with Crippen LogP contribution >= 0.6 is 0 Å². The van der Waals surface area contributed by atoms with Crippen LogP contribution in [-0.4, -0.2) is 23.6 Å². The Bertz CT molecular complexity index is 391. The van der Waals surface area contributed by atoms with E-state index in [0.717, 1.165) is 24.2 Å². The first-order valence-electron chi connectivity index (χ1n) is 4.79. The van der Waals surface area contributed by atoms with Crippen molar-refractivity contribution in [2.75, 3.05) is 11.9 Å².